The quantitative estimate of drug-likeness (QED) is 0.742. The van der Waals surface area contributed by atoms with Crippen molar-refractivity contribution in [1.82, 2.24) is 4.72 Å². The van der Waals surface area contributed by atoms with Crippen LogP contribution in [0.5, 0.6) is 0 Å². The molecule has 1 aliphatic heterocycles. The number of nitrogens with one attached hydrogen (secondary N) is 1. The maximum absolute atomic E-state index is 10.4. The zero-order valence-corrected chi connectivity index (χ0v) is 10.3. The fourth-order valence-electron chi connectivity index (χ4n) is 0.901. The molecule has 2 N–H and O–H groups in total. The molecule has 88 valence electrons. The fourth-order valence-corrected chi connectivity index (χ4v) is 1.56. The van der Waals surface area contributed by atoms with Gasteiger partial charge >= 0.3 is 5.97 Å². The standard InChI is InChI=1S/C9H10N2O2S.C2H6/c1-3-6-7(4-2)14-11-8(10-6)5-9(12)13;1-2/h3-4H,1-2,5H2,(H,10,11)(H,12,13);1-2H3. The molecule has 0 aromatic heterocycles. The molecule has 0 unspecified atom stereocenters. The molecule has 0 atom stereocenters. The number of carboxylic acids is 1. The Hall–Kier alpha value is -1.49. The van der Waals surface area contributed by atoms with E-state index in [1.807, 2.05) is 13.8 Å². The average molecular weight is 240 g/mol. The summed E-state index contributed by atoms with van der Waals surface area (Å²) >= 11 is 1.29. The second kappa shape index (κ2) is 7.76. The summed E-state index contributed by atoms with van der Waals surface area (Å²) in [5.41, 5.74) is 0.653. The lowest BCUT2D eigenvalue weighted by molar-refractivity contribution is -0.135. The van der Waals surface area contributed by atoms with Gasteiger partial charge in [-0.2, -0.15) is 0 Å². The minimum absolute atomic E-state index is 0.116. The van der Waals surface area contributed by atoms with E-state index in [1.165, 1.54) is 11.9 Å². The van der Waals surface area contributed by atoms with Crippen molar-refractivity contribution in [1.29, 1.82) is 0 Å². The molecule has 1 heterocycles. The van der Waals surface area contributed by atoms with Crippen LogP contribution in [-0.2, 0) is 4.79 Å². The molecule has 0 saturated heterocycles. The third-order valence-corrected chi connectivity index (χ3v) is 2.42. The van der Waals surface area contributed by atoms with Crippen LogP contribution in [0.1, 0.15) is 20.3 Å². The van der Waals surface area contributed by atoms with Crippen molar-refractivity contribution >= 4 is 23.8 Å². The molecular weight excluding hydrogens is 224 g/mol. The summed E-state index contributed by atoms with van der Waals surface area (Å²) in [4.78, 5) is 15.4. The van der Waals surface area contributed by atoms with Crippen LogP contribution in [0, 0.1) is 0 Å². The van der Waals surface area contributed by atoms with Gasteiger partial charge in [0, 0.05) is 0 Å². The summed E-state index contributed by atoms with van der Waals surface area (Å²) in [6.07, 6.45) is 3.11. The van der Waals surface area contributed by atoms with E-state index in [1.54, 1.807) is 12.2 Å². The minimum atomic E-state index is -0.915. The van der Waals surface area contributed by atoms with Gasteiger partial charge in [-0.1, -0.05) is 33.1 Å². The van der Waals surface area contributed by atoms with Gasteiger partial charge in [-0.3, -0.25) is 4.79 Å². The van der Waals surface area contributed by atoms with E-state index in [-0.39, 0.29) is 6.42 Å². The second-order valence-electron chi connectivity index (χ2n) is 2.49. The number of amidine groups is 1. The smallest absolute Gasteiger partial charge is 0.311 e. The van der Waals surface area contributed by atoms with Crippen LogP contribution < -0.4 is 4.72 Å². The summed E-state index contributed by atoms with van der Waals surface area (Å²) < 4.78 is 2.82. The molecule has 1 aliphatic rings. The Bertz CT molecular complexity index is 346. The Balaban J connectivity index is 0.00000106. The molecule has 16 heavy (non-hydrogen) atoms. The number of aliphatic carboxylic acids is 1. The van der Waals surface area contributed by atoms with Gasteiger partial charge in [0.2, 0.25) is 0 Å². The number of allylic oxidation sites excluding steroid dienone is 2. The summed E-state index contributed by atoms with van der Waals surface area (Å²) in [6, 6.07) is 0. The first-order valence-corrected chi connectivity index (χ1v) is 5.70. The van der Waals surface area contributed by atoms with Gasteiger partial charge in [0.05, 0.1) is 10.6 Å². The molecule has 0 saturated carbocycles. The Kier molecular flexibility index (Phi) is 7.03. The zero-order valence-electron chi connectivity index (χ0n) is 9.49. The average Bonchev–Trinajstić information content (AvgIpc) is 2.30. The summed E-state index contributed by atoms with van der Waals surface area (Å²) in [7, 11) is 0. The van der Waals surface area contributed by atoms with Gasteiger partial charge < -0.3 is 9.83 Å². The summed E-state index contributed by atoms with van der Waals surface area (Å²) in [6.45, 7) is 11.2. The lowest BCUT2D eigenvalue weighted by Crippen LogP contribution is -2.22. The van der Waals surface area contributed by atoms with E-state index >= 15 is 0 Å². The molecule has 0 bridgehead atoms. The SMILES string of the molecule is C=CC1=C(C=C)SNC(CC(=O)O)=N1.CC. The molecule has 0 spiro atoms. The molecule has 5 heteroatoms. The number of aliphatic imine (C=N–C) groups is 1. The molecule has 1 rings (SSSR count). The van der Waals surface area contributed by atoms with E-state index in [9.17, 15) is 4.79 Å². The van der Waals surface area contributed by atoms with E-state index < -0.39 is 5.97 Å². The summed E-state index contributed by atoms with van der Waals surface area (Å²) in [5.74, 6) is -0.495. The zero-order chi connectivity index (χ0) is 12.6. The van der Waals surface area contributed by atoms with Crippen molar-refractivity contribution in [2.75, 3.05) is 0 Å². The Morgan fingerprint density at radius 2 is 2.12 bits per heavy atom. The second-order valence-corrected chi connectivity index (χ2v) is 3.34. The molecule has 0 radical (unpaired) electrons. The van der Waals surface area contributed by atoms with E-state index in [2.05, 4.69) is 22.9 Å². The highest BCUT2D eigenvalue weighted by Gasteiger charge is 2.13. The maximum Gasteiger partial charge on any atom is 0.311 e. The van der Waals surface area contributed by atoms with Crippen molar-refractivity contribution in [3.63, 3.8) is 0 Å². The Morgan fingerprint density at radius 3 is 2.56 bits per heavy atom. The largest absolute Gasteiger partial charge is 0.481 e. The monoisotopic (exact) mass is 240 g/mol. The number of carboxylic acid groups (broad SMARTS) is 1. The number of nitrogens with zero attached hydrogens (tertiary/aromatic N) is 1. The van der Waals surface area contributed by atoms with E-state index in [0.29, 0.717) is 11.5 Å². The maximum atomic E-state index is 10.4. The van der Waals surface area contributed by atoms with Crippen LogP contribution >= 0.6 is 11.9 Å². The minimum Gasteiger partial charge on any atom is -0.481 e. The predicted octanol–water partition coefficient (Wildman–Crippen LogP) is 2.72. The van der Waals surface area contributed by atoms with E-state index in [4.69, 9.17) is 5.11 Å². The van der Waals surface area contributed by atoms with Gasteiger partial charge in [-0.15, -0.1) is 0 Å². The number of carbonyl (C=O) groups is 1. The number of hydrogen-bond acceptors (Lipinski definition) is 4. The Morgan fingerprint density at radius 1 is 1.50 bits per heavy atom. The first-order chi connectivity index (χ1) is 7.67. The van der Waals surface area contributed by atoms with Gasteiger partial charge in [-0.25, -0.2) is 4.99 Å². The van der Waals surface area contributed by atoms with Crippen LogP contribution in [0.3, 0.4) is 0 Å². The highest BCUT2D eigenvalue weighted by Crippen LogP contribution is 2.24. The first kappa shape index (κ1) is 14.5. The van der Waals surface area contributed by atoms with Crippen molar-refractivity contribution in [2.24, 2.45) is 4.99 Å². The van der Waals surface area contributed by atoms with Gasteiger partial charge in [0.1, 0.15) is 12.3 Å². The van der Waals surface area contributed by atoms with Crippen molar-refractivity contribution < 1.29 is 9.90 Å². The van der Waals surface area contributed by atoms with Crippen LogP contribution in [0.15, 0.2) is 40.9 Å². The van der Waals surface area contributed by atoms with Crippen LogP contribution in [0.2, 0.25) is 0 Å². The molecule has 4 nitrogen and oxygen atoms in total. The van der Waals surface area contributed by atoms with E-state index in [0.717, 1.165) is 4.91 Å². The third kappa shape index (κ3) is 4.35. The number of hydrogen-bond donors (Lipinski definition) is 2. The normalized spacial score (nSPS) is 14.0. The van der Waals surface area contributed by atoms with Crippen molar-refractivity contribution in [2.45, 2.75) is 20.3 Å². The Labute approximate surface area is 100.0 Å². The molecule has 0 aromatic carbocycles. The molecule has 0 aromatic rings. The van der Waals surface area contributed by atoms with Crippen LogP contribution in [0.4, 0.5) is 0 Å². The van der Waals surface area contributed by atoms with Crippen molar-refractivity contribution in [3.05, 3.63) is 35.9 Å². The first-order valence-electron chi connectivity index (χ1n) is 4.88. The fraction of sp³-hybridized carbons (Fsp3) is 0.273. The molecule has 0 aliphatic carbocycles. The molecule has 0 fully saturated rings. The van der Waals surface area contributed by atoms with Gasteiger partial charge in [0.15, 0.2) is 0 Å². The lowest BCUT2D eigenvalue weighted by atomic mass is 10.3. The van der Waals surface area contributed by atoms with Gasteiger partial charge in [0.25, 0.3) is 0 Å². The molecule has 0 amide bonds. The summed E-state index contributed by atoms with van der Waals surface area (Å²) in [5, 5.41) is 8.56. The highest BCUT2D eigenvalue weighted by atomic mass is 32.2. The van der Waals surface area contributed by atoms with Gasteiger partial charge in [-0.05, 0) is 18.0 Å². The third-order valence-electron chi connectivity index (χ3n) is 1.48. The lowest BCUT2D eigenvalue weighted by Gasteiger charge is -2.14. The van der Waals surface area contributed by atoms with Crippen LogP contribution in [-0.4, -0.2) is 16.9 Å². The topological polar surface area (TPSA) is 61.7 Å². The number of rotatable bonds is 4. The van der Waals surface area contributed by atoms with Crippen LogP contribution in [0.25, 0.3) is 0 Å². The molecular formula is C11H16N2O2S. The van der Waals surface area contributed by atoms with Crippen molar-refractivity contribution in [3.8, 4) is 0 Å². The highest BCUT2D eigenvalue weighted by molar-refractivity contribution is 8.02. The predicted molar refractivity (Wildman–Crippen MR) is 69.2 cm³/mol.